The van der Waals surface area contributed by atoms with E-state index in [-0.39, 0.29) is 19.7 Å². The smallest absolute Gasteiger partial charge is 0.426 e. The molecule has 2 amide bonds. The Morgan fingerprint density at radius 3 is 2.22 bits per heavy atom. The first-order valence-electron chi connectivity index (χ1n) is 14.0. The summed E-state index contributed by atoms with van der Waals surface area (Å²) in [6.45, 7) is 2.62. The van der Waals surface area contributed by atoms with Crippen LogP contribution in [-0.2, 0) is 9.57 Å². The lowest BCUT2D eigenvalue weighted by Gasteiger charge is -2.28. The van der Waals surface area contributed by atoms with E-state index in [2.05, 4.69) is 16.7 Å². The van der Waals surface area contributed by atoms with E-state index < -0.39 is 24.5 Å². The molecule has 2 aliphatic rings. The van der Waals surface area contributed by atoms with Gasteiger partial charge in [-0.1, -0.05) is 90.4 Å². The maximum Gasteiger partial charge on any atom is 0.426 e. The number of aromatic nitrogens is 1. The summed E-state index contributed by atoms with van der Waals surface area (Å²) in [5, 5.41) is 10.5. The maximum atomic E-state index is 14.5. The number of urea groups is 1. The molecule has 0 aliphatic carbocycles. The van der Waals surface area contributed by atoms with Gasteiger partial charge in [0.1, 0.15) is 6.26 Å². The Morgan fingerprint density at radius 2 is 1.65 bits per heavy atom. The number of hydrogen-bond acceptors (Lipinski definition) is 6. The third kappa shape index (κ3) is 9.33. The lowest BCUT2D eigenvalue weighted by molar-refractivity contribution is -0.408. The third-order valence-corrected chi connectivity index (χ3v) is 6.91. The van der Waals surface area contributed by atoms with E-state index in [0.29, 0.717) is 22.9 Å². The Labute approximate surface area is 218 Å². The molecule has 2 unspecified atom stereocenters. The van der Waals surface area contributed by atoms with Crippen LogP contribution in [0.15, 0.2) is 23.0 Å². The highest BCUT2D eigenvalue weighted by Gasteiger charge is 2.50. The largest absolute Gasteiger partial charge is 0.445 e. The van der Waals surface area contributed by atoms with Crippen LogP contribution in [0.2, 0.25) is 0 Å². The molecule has 37 heavy (non-hydrogen) atoms. The van der Waals surface area contributed by atoms with Gasteiger partial charge in [-0.2, -0.15) is 18.7 Å². The van der Waals surface area contributed by atoms with Crippen molar-refractivity contribution in [2.75, 3.05) is 19.7 Å². The molecule has 10 heteroatoms. The second kappa shape index (κ2) is 15.4. The summed E-state index contributed by atoms with van der Waals surface area (Å²) in [7, 11) is 0. The number of ether oxygens (including phenoxy) is 1. The van der Waals surface area contributed by atoms with Gasteiger partial charge in [-0.05, 0) is 12.5 Å². The summed E-state index contributed by atoms with van der Waals surface area (Å²) in [4.78, 5) is 22.6. The van der Waals surface area contributed by atoms with Crippen molar-refractivity contribution in [3.05, 3.63) is 24.4 Å². The second-order valence-corrected chi connectivity index (χ2v) is 10.1. The number of halogens is 2. The minimum Gasteiger partial charge on any atom is -0.445 e. The molecule has 1 aromatic rings. The number of amides is 2. The van der Waals surface area contributed by atoms with Gasteiger partial charge in [-0.15, -0.1) is 0 Å². The molecule has 8 nitrogen and oxygen atoms in total. The SMILES string of the molecule is CCCCCCCCCCCCCCCCOC(O)C(F)(F)ON1C(=O)N2CC(c3ncco3)=CC1C2. The second-order valence-electron chi connectivity index (χ2n) is 10.1. The van der Waals surface area contributed by atoms with Gasteiger partial charge < -0.3 is 19.2 Å². The van der Waals surface area contributed by atoms with Crippen LogP contribution in [0.1, 0.15) is 103 Å². The van der Waals surface area contributed by atoms with Crippen LogP contribution in [0.3, 0.4) is 0 Å². The summed E-state index contributed by atoms with van der Waals surface area (Å²) in [6, 6.07) is -1.45. The lowest BCUT2D eigenvalue weighted by Crippen LogP contribution is -2.47. The average Bonchev–Trinajstić information content (AvgIpc) is 3.50. The van der Waals surface area contributed by atoms with E-state index in [9.17, 15) is 18.7 Å². The number of carbonyl (C=O) groups excluding carboxylic acids is 1. The molecular weight excluding hydrogens is 484 g/mol. The van der Waals surface area contributed by atoms with Gasteiger partial charge in [-0.3, -0.25) is 0 Å². The normalized spacial score (nSPS) is 18.5. The van der Waals surface area contributed by atoms with Crippen molar-refractivity contribution in [3.8, 4) is 0 Å². The summed E-state index contributed by atoms with van der Waals surface area (Å²) in [5.41, 5.74) is 0.610. The number of nitrogens with zero attached hydrogens (tertiary/aromatic N) is 3. The molecule has 3 rings (SSSR count). The number of oxazole rings is 1. The zero-order chi connectivity index (χ0) is 26.5. The summed E-state index contributed by atoms with van der Waals surface area (Å²) in [5.74, 6) is 0.327. The summed E-state index contributed by atoms with van der Waals surface area (Å²) < 4.78 is 39.2. The number of aliphatic hydroxyl groups excluding tert-OH is 1. The van der Waals surface area contributed by atoms with Gasteiger partial charge in [-0.25, -0.2) is 9.78 Å². The number of rotatable bonds is 20. The first kappa shape index (κ1) is 29.5. The molecule has 1 N–H and O–H groups in total. The zero-order valence-electron chi connectivity index (χ0n) is 22.1. The number of unbranched alkanes of at least 4 members (excludes halogenated alkanes) is 13. The number of aliphatic hydroxyl groups is 1. The van der Waals surface area contributed by atoms with Crippen molar-refractivity contribution in [2.45, 2.75) is 115 Å². The molecule has 1 aromatic heterocycles. The average molecular weight is 528 g/mol. The number of hydrogen-bond donors (Lipinski definition) is 1. The highest BCUT2D eigenvalue weighted by molar-refractivity contribution is 5.81. The standard InChI is InChI=1S/C27H43F2N3O5/c1-2-3-4-5-6-7-8-9-10-11-12-13-14-15-17-36-25(33)27(28,29)37-32-23-19-22(24-30-16-18-35-24)20-31(21-23)26(32)34/h16,18-19,23,25,33H,2-15,17,20-21H2,1H3. The number of hydroxylamine groups is 2. The van der Waals surface area contributed by atoms with E-state index in [1.54, 1.807) is 6.08 Å². The molecule has 2 bridgehead atoms. The maximum absolute atomic E-state index is 14.5. The lowest BCUT2D eigenvalue weighted by atomic mass is 10.0. The highest BCUT2D eigenvalue weighted by atomic mass is 19.3. The van der Waals surface area contributed by atoms with Crippen molar-refractivity contribution < 1.29 is 32.7 Å². The quantitative estimate of drug-likeness (QED) is 0.153. The Balaban J connectivity index is 1.24. The molecule has 0 radical (unpaired) electrons. The monoisotopic (exact) mass is 527 g/mol. The van der Waals surface area contributed by atoms with Crippen molar-refractivity contribution in [2.24, 2.45) is 0 Å². The third-order valence-electron chi connectivity index (χ3n) is 6.91. The van der Waals surface area contributed by atoms with E-state index in [1.165, 1.54) is 81.6 Å². The van der Waals surface area contributed by atoms with E-state index in [1.807, 2.05) is 0 Å². The first-order valence-corrected chi connectivity index (χ1v) is 14.0. The first-order chi connectivity index (χ1) is 17.9. The van der Waals surface area contributed by atoms with Crippen LogP contribution >= 0.6 is 0 Å². The van der Waals surface area contributed by atoms with Crippen LogP contribution < -0.4 is 0 Å². The molecule has 3 heterocycles. The van der Waals surface area contributed by atoms with E-state index in [4.69, 9.17) is 9.15 Å². The van der Waals surface area contributed by atoms with Gasteiger partial charge >= 0.3 is 12.1 Å². The number of alkyl halides is 2. The highest BCUT2D eigenvalue weighted by Crippen LogP contribution is 2.33. The van der Waals surface area contributed by atoms with Crippen LogP contribution in [0.5, 0.6) is 0 Å². The Morgan fingerprint density at radius 1 is 1.05 bits per heavy atom. The summed E-state index contributed by atoms with van der Waals surface area (Å²) >= 11 is 0. The topological polar surface area (TPSA) is 88.3 Å². The van der Waals surface area contributed by atoms with Crippen LogP contribution in [0, 0.1) is 0 Å². The molecule has 0 aromatic carbocycles. The van der Waals surface area contributed by atoms with Crippen molar-refractivity contribution >= 4 is 11.6 Å². The van der Waals surface area contributed by atoms with Gasteiger partial charge in [0.25, 0.3) is 6.29 Å². The van der Waals surface area contributed by atoms with Crippen LogP contribution in [0.4, 0.5) is 13.6 Å². The Kier molecular flexibility index (Phi) is 12.3. The molecule has 2 atom stereocenters. The fourth-order valence-corrected chi connectivity index (χ4v) is 4.79. The predicted octanol–water partition coefficient (Wildman–Crippen LogP) is 6.52. The van der Waals surface area contributed by atoms with Crippen LogP contribution in [-0.4, -0.2) is 64.2 Å². The molecule has 1 saturated heterocycles. The molecule has 210 valence electrons. The molecule has 1 fully saturated rings. The fourth-order valence-electron chi connectivity index (χ4n) is 4.79. The van der Waals surface area contributed by atoms with Crippen molar-refractivity contribution in [1.82, 2.24) is 14.9 Å². The molecule has 2 aliphatic heterocycles. The predicted molar refractivity (Wildman–Crippen MR) is 135 cm³/mol. The van der Waals surface area contributed by atoms with Gasteiger partial charge in [0.05, 0.1) is 25.4 Å². The Bertz CT molecular complexity index is 821. The van der Waals surface area contributed by atoms with Crippen LogP contribution in [0.25, 0.3) is 5.57 Å². The van der Waals surface area contributed by atoms with E-state index in [0.717, 1.165) is 19.3 Å². The van der Waals surface area contributed by atoms with Gasteiger partial charge in [0.2, 0.25) is 5.89 Å². The minimum absolute atomic E-state index is 0.00411. The van der Waals surface area contributed by atoms with Gasteiger partial charge in [0.15, 0.2) is 0 Å². The van der Waals surface area contributed by atoms with Gasteiger partial charge in [0, 0.05) is 12.1 Å². The minimum atomic E-state index is -4.07. The zero-order valence-corrected chi connectivity index (χ0v) is 22.1. The van der Waals surface area contributed by atoms with Crippen molar-refractivity contribution in [3.63, 3.8) is 0 Å². The molecule has 0 saturated carbocycles. The Hall–Kier alpha value is -2.04. The number of carbonyl (C=O) groups is 1. The molecular formula is C27H43F2N3O5. The summed E-state index contributed by atoms with van der Waals surface area (Å²) in [6.07, 6.45) is 14.6. The molecule has 0 spiro atoms. The fraction of sp³-hybridized carbons (Fsp3) is 0.778. The number of fused-ring (bicyclic) bond motifs is 2. The van der Waals surface area contributed by atoms with E-state index >= 15 is 0 Å². The van der Waals surface area contributed by atoms with Crippen molar-refractivity contribution in [1.29, 1.82) is 0 Å².